The molecule has 3 N–H and O–H groups in total. The number of aromatic hydroxyl groups is 1. The highest BCUT2D eigenvalue weighted by Gasteiger charge is 2.15. The Kier molecular flexibility index (Phi) is 4.13. The Labute approximate surface area is 161 Å². The summed E-state index contributed by atoms with van der Waals surface area (Å²) in [5.41, 5.74) is 4.60. The topological polar surface area (TPSA) is 82.0 Å². The van der Waals surface area contributed by atoms with E-state index in [-0.39, 0.29) is 6.01 Å². The maximum absolute atomic E-state index is 10.1. The fourth-order valence-electron chi connectivity index (χ4n) is 3.00. The molecule has 136 valence electrons. The van der Waals surface area contributed by atoms with Crippen LogP contribution in [0.25, 0.3) is 33.5 Å². The van der Waals surface area contributed by atoms with Crippen molar-refractivity contribution in [3.05, 3.63) is 65.2 Å². The van der Waals surface area contributed by atoms with Gasteiger partial charge in [-0.25, -0.2) is 4.98 Å². The third-order valence-corrected chi connectivity index (χ3v) is 4.79. The first-order valence-corrected chi connectivity index (χ1v) is 8.88. The molecule has 2 aromatic heterocycles. The van der Waals surface area contributed by atoms with Gasteiger partial charge in [0, 0.05) is 5.56 Å². The fraction of sp³-hybridized carbons (Fsp3) is 0.143. The van der Waals surface area contributed by atoms with Gasteiger partial charge in [0.2, 0.25) is 0 Å². The Hall–Kier alpha value is -2.89. The van der Waals surface area contributed by atoms with Crippen molar-refractivity contribution in [1.82, 2.24) is 15.0 Å². The lowest BCUT2D eigenvalue weighted by Crippen LogP contribution is -2.14. The van der Waals surface area contributed by atoms with E-state index in [0.717, 1.165) is 22.3 Å². The van der Waals surface area contributed by atoms with Crippen LogP contribution < -0.4 is 0 Å². The second-order valence-electron chi connectivity index (χ2n) is 6.96. The number of pyridine rings is 1. The molecule has 4 aromatic rings. The van der Waals surface area contributed by atoms with Gasteiger partial charge in [-0.2, -0.15) is 4.98 Å². The molecule has 0 aliphatic rings. The lowest BCUT2D eigenvalue weighted by Gasteiger charge is -2.18. The Bertz CT molecular complexity index is 1110. The van der Waals surface area contributed by atoms with Gasteiger partial charge in [-0.1, -0.05) is 60.1 Å². The van der Waals surface area contributed by atoms with E-state index in [0.29, 0.717) is 21.9 Å². The van der Waals surface area contributed by atoms with Crippen LogP contribution in [0.3, 0.4) is 0 Å². The number of benzene rings is 2. The third kappa shape index (κ3) is 3.39. The summed E-state index contributed by atoms with van der Waals surface area (Å²) in [5, 5.41) is 20.0. The Morgan fingerprint density at radius 1 is 0.889 bits per heavy atom. The summed E-state index contributed by atoms with van der Waals surface area (Å²) in [6.07, 6.45) is 0. The van der Waals surface area contributed by atoms with Crippen LogP contribution in [0.2, 0.25) is 5.02 Å². The summed E-state index contributed by atoms with van der Waals surface area (Å²) in [6, 6.07) is 17.3. The summed E-state index contributed by atoms with van der Waals surface area (Å²) in [6.45, 7) is 3.53. The molecule has 0 bridgehead atoms. The molecule has 2 heterocycles. The lowest BCUT2D eigenvalue weighted by molar-refractivity contribution is 0.0786. The summed E-state index contributed by atoms with van der Waals surface area (Å²) >= 11 is 6.35. The molecule has 0 radical (unpaired) electrons. The quantitative estimate of drug-likeness (QED) is 0.474. The fourth-order valence-corrected chi connectivity index (χ4v) is 3.26. The van der Waals surface area contributed by atoms with Gasteiger partial charge in [0.05, 0.1) is 21.8 Å². The van der Waals surface area contributed by atoms with Crippen LogP contribution in [-0.4, -0.2) is 25.2 Å². The number of aliphatic hydroxyl groups is 1. The molecular weight excluding hydrogens is 362 g/mol. The second kappa shape index (κ2) is 6.37. The molecule has 0 amide bonds. The van der Waals surface area contributed by atoms with Crippen molar-refractivity contribution in [2.75, 3.05) is 0 Å². The minimum atomic E-state index is -0.857. The molecule has 6 heteroatoms. The van der Waals surface area contributed by atoms with E-state index in [1.165, 1.54) is 0 Å². The van der Waals surface area contributed by atoms with E-state index in [4.69, 9.17) is 11.6 Å². The molecule has 0 spiro atoms. The molecule has 2 aromatic carbocycles. The number of imidazole rings is 1. The van der Waals surface area contributed by atoms with Crippen LogP contribution in [0, 0.1) is 0 Å². The minimum absolute atomic E-state index is 0.185. The smallest absolute Gasteiger partial charge is 0.293 e. The van der Waals surface area contributed by atoms with E-state index in [9.17, 15) is 10.2 Å². The first kappa shape index (κ1) is 17.5. The number of hydrogen-bond acceptors (Lipinski definition) is 4. The van der Waals surface area contributed by atoms with Crippen molar-refractivity contribution in [1.29, 1.82) is 0 Å². The van der Waals surface area contributed by atoms with Gasteiger partial charge in [0.25, 0.3) is 6.01 Å². The van der Waals surface area contributed by atoms with Gasteiger partial charge < -0.3 is 15.2 Å². The lowest BCUT2D eigenvalue weighted by atomic mass is 9.95. The largest absolute Gasteiger partial charge is 0.480 e. The predicted octanol–water partition coefficient (Wildman–Crippen LogP) is 4.88. The first-order chi connectivity index (χ1) is 12.8. The highest BCUT2D eigenvalue weighted by molar-refractivity contribution is 6.33. The molecule has 0 saturated heterocycles. The van der Waals surface area contributed by atoms with Crippen LogP contribution in [0.15, 0.2) is 54.6 Å². The van der Waals surface area contributed by atoms with Gasteiger partial charge in [-0.3, -0.25) is 0 Å². The van der Waals surface area contributed by atoms with Gasteiger partial charge >= 0.3 is 0 Å². The van der Waals surface area contributed by atoms with E-state index >= 15 is 0 Å². The maximum Gasteiger partial charge on any atom is 0.293 e. The Morgan fingerprint density at radius 2 is 1.44 bits per heavy atom. The minimum Gasteiger partial charge on any atom is -0.480 e. The van der Waals surface area contributed by atoms with Gasteiger partial charge in [-0.05, 0) is 36.6 Å². The van der Waals surface area contributed by atoms with Crippen molar-refractivity contribution in [3.63, 3.8) is 0 Å². The average Bonchev–Trinajstić information content (AvgIpc) is 2.99. The molecule has 0 unspecified atom stereocenters. The average molecular weight is 380 g/mol. The highest BCUT2D eigenvalue weighted by atomic mass is 35.5. The normalized spacial score (nSPS) is 11.9. The number of aromatic amines is 1. The maximum atomic E-state index is 10.1. The number of halogens is 1. The van der Waals surface area contributed by atoms with Gasteiger partial charge in [0.15, 0.2) is 5.65 Å². The molecule has 0 atom stereocenters. The van der Waals surface area contributed by atoms with Crippen molar-refractivity contribution < 1.29 is 10.2 Å². The number of H-pyrrole nitrogens is 1. The van der Waals surface area contributed by atoms with E-state index in [2.05, 4.69) is 15.0 Å². The molecule has 0 aliphatic heterocycles. The molecule has 4 rings (SSSR count). The number of aromatic nitrogens is 3. The number of rotatable bonds is 3. The zero-order chi connectivity index (χ0) is 19.2. The second-order valence-corrected chi connectivity index (χ2v) is 7.37. The van der Waals surface area contributed by atoms with Gasteiger partial charge in [0.1, 0.15) is 0 Å². The SMILES string of the molecule is CC(C)(O)c1ccc(-c2ccc(-c3nc4nc(O)[nH]c4cc3Cl)cc2)cc1. The monoisotopic (exact) mass is 379 g/mol. The standard InChI is InChI=1S/C21H18ClN3O2/c1-21(2,27)15-9-7-13(8-10-15)12-3-5-14(6-4-12)18-16(22)11-17-19(24-18)25-20(26)23-17/h3-11,27H,1-2H3,(H2,23,24,25,26). The summed E-state index contributed by atoms with van der Waals surface area (Å²) < 4.78 is 0. The first-order valence-electron chi connectivity index (χ1n) is 8.50. The highest BCUT2D eigenvalue weighted by Crippen LogP contribution is 2.31. The summed E-state index contributed by atoms with van der Waals surface area (Å²) in [7, 11) is 0. The Morgan fingerprint density at radius 3 is 2.04 bits per heavy atom. The van der Waals surface area contributed by atoms with E-state index in [1.807, 2.05) is 48.5 Å². The summed E-state index contributed by atoms with van der Waals surface area (Å²) in [5.74, 6) is 0. The number of nitrogens with one attached hydrogen (secondary N) is 1. The molecule has 27 heavy (non-hydrogen) atoms. The molecule has 5 nitrogen and oxygen atoms in total. The molecular formula is C21H18ClN3O2. The zero-order valence-electron chi connectivity index (χ0n) is 14.9. The van der Waals surface area contributed by atoms with Crippen LogP contribution in [0.1, 0.15) is 19.4 Å². The molecule has 0 fully saturated rings. The Balaban J connectivity index is 1.67. The van der Waals surface area contributed by atoms with Crippen molar-refractivity contribution in [2.45, 2.75) is 19.4 Å². The van der Waals surface area contributed by atoms with Crippen LogP contribution in [0.5, 0.6) is 6.01 Å². The van der Waals surface area contributed by atoms with E-state index < -0.39 is 5.60 Å². The number of fused-ring (bicyclic) bond motifs is 1. The predicted molar refractivity (Wildman–Crippen MR) is 107 cm³/mol. The van der Waals surface area contributed by atoms with Gasteiger partial charge in [-0.15, -0.1) is 0 Å². The summed E-state index contributed by atoms with van der Waals surface area (Å²) in [4.78, 5) is 11.1. The van der Waals surface area contributed by atoms with Crippen LogP contribution in [0.4, 0.5) is 0 Å². The third-order valence-electron chi connectivity index (χ3n) is 4.50. The van der Waals surface area contributed by atoms with Crippen molar-refractivity contribution in [3.8, 4) is 28.4 Å². The van der Waals surface area contributed by atoms with E-state index in [1.54, 1.807) is 19.9 Å². The molecule has 0 aliphatic carbocycles. The number of nitrogens with zero attached hydrogens (tertiary/aromatic N) is 2. The number of hydrogen-bond donors (Lipinski definition) is 3. The van der Waals surface area contributed by atoms with Crippen LogP contribution in [-0.2, 0) is 5.60 Å². The molecule has 0 saturated carbocycles. The van der Waals surface area contributed by atoms with Crippen LogP contribution >= 0.6 is 11.6 Å². The zero-order valence-corrected chi connectivity index (χ0v) is 15.6. The van der Waals surface area contributed by atoms with Crippen molar-refractivity contribution in [2.24, 2.45) is 0 Å². The van der Waals surface area contributed by atoms with Crippen molar-refractivity contribution >= 4 is 22.8 Å².